The lowest BCUT2D eigenvalue weighted by Gasteiger charge is -2.15. The van der Waals surface area contributed by atoms with E-state index in [1.54, 1.807) is 24.3 Å². The van der Waals surface area contributed by atoms with E-state index >= 15 is 0 Å². The van der Waals surface area contributed by atoms with Crippen LogP contribution in [0.3, 0.4) is 0 Å². The first-order valence-corrected chi connectivity index (χ1v) is 6.32. The van der Waals surface area contributed by atoms with E-state index in [1.165, 1.54) is 11.4 Å². The minimum atomic E-state index is -3.45. The van der Waals surface area contributed by atoms with E-state index in [0.717, 1.165) is 5.56 Å². The molecule has 0 unspecified atom stereocenters. The second-order valence-corrected chi connectivity index (χ2v) is 5.59. The highest BCUT2D eigenvalue weighted by molar-refractivity contribution is 7.89. The molecular weight excluding hydrogens is 224 g/mol. The van der Waals surface area contributed by atoms with Crippen LogP contribution in [0.25, 0.3) is 0 Å². The highest BCUT2D eigenvalue weighted by atomic mass is 32.2. The molecule has 0 atom stereocenters. The molecule has 16 heavy (non-hydrogen) atoms. The summed E-state index contributed by atoms with van der Waals surface area (Å²) in [6.07, 6.45) is 0.196. The Labute approximate surface area is 96.2 Å². The Hall–Kier alpha value is -1.38. The van der Waals surface area contributed by atoms with E-state index < -0.39 is 10.0 Å². The first-order chi connectivity index (χ1) is 7.48. The van der Waals surface area contributed by atoms with Gasteiger partial charge < -0.3 is 0 Å². The van der Waals surface area contributed by atoms with E-state index in [9.17, 15) is 8.42 Å². The van der Waals surface area contributed by atoms with E-state index in [1.807, 2.05) is 13.0 Å². The zero-order valence-electron chi connectivity index (χ0n) is 9.34. The third-order valence-corrected chi connectivity index (χ3v) is 4.14. The van der Waals surface area contributed by atoms with Crippen molar-refractivity contribution in [2.75, 3.05) is 13.6 Å². The fourth-order valence-corrected chi connectivity index (χ4v) is 2.39. The van der Waals surface area contributed by atoms with E-state index in [4.69, 9.17) is 5.26 Å². The van der Waals surface area contributed by atoms with Gasteiger partial charge in [-0.05, 0) is 19.1 Å². The normalized spacial score (nSPS) is 11.4. The molecule has 0 aliphatic rings. The lowest BCUT2D eigenvalue weighted by atomic mass is 10.2. The van der Waals surface area contributed by atoms with Gasteiger partial charge in [-0.2, -0.15) is 9.57 Å². The lowest BCUT2D eigenvalue weighted by Crippen LogP contribution is -2.27. The number of hydrogen-bond acceptors (Lipinski definition) is 3. The molecule has 0 radical (unpaired) electrons. The molecule has 1 aromatic rings. The maximum absolute atomic E-state index is 12.0. The summed E-state index contributed by atoms with van der Waals surface area (Å²) in [7, 11) is -1.97. The van der Waals surface area contributed by atoms with Crippen LogP contribution in [0.4, 0.5) is 0 Å². The van der Waals surface area contributed by atoms with Crippen molar-refractivity contribution in [1.82, 2.24) is 4.31 Å². The molecule has 0 N–H and O–H groups in total. The van der Waals surface area contributed by atoms with Crippen molar-refractivity contribution in [3.05, 3.63) is 29.8 Å². The Balaban J connectivity index is 2.94. The molecule has 0 bridgehead atoms. The average molecular weight is 238 g/mol. The fraction of sp³-hybridized carbons (Fsp3) is 0.364. The number of nitrogens with zero attached hydrogens (tertiary/aromatic N) is 2. The first-order valence-electron chi connectivity index (χ1n) is 4.88. The number of rotatable bonds is 4. The van der Waals surface area contributed by atoms with Gasteiger partial charge in [0.25, 0.3) is 0 Å². The predicted molar refractivity (Wildman–Crippen MR) is 61.2 cm³/mol. The largest absolute Gasteiger partial charge is 0.242 e. The SMILES string of the molecule is Cc1ccc(S(=O)(=O)N(C)CCC#N)cc1. The van der Waals surface area contributed by atoms with E-state index in [-0.39, 0.29) is 17.9 Å². The number of hydrogen-bond donors (Lipinski definition) is 0. The Morgan fingerprint density at radius 3 is 2.38 bits per heavy atom. The molecule has 0 amide bonds. The predicted octanol–water partition coefficient (Wildman–Crippen LogP) is 1.53. The van der Waals surface area contributed by atoms with Gasteiger partial charge >= 0.3 is 0 Å². The minimum absolute atomic E-state index is 0.196. The quantitative estimate of drug-likeness (QED) is 0.799. The van der Waals surface area contributed by atoms with Gasteiger partial charge in [0.05, 0.1) is 11.0 Å². The average Bonchev–Trinajstić information content (AvgIpc) is 2.26. The molecule has 0 aliphatic heterocycles. The third kappa shape index (κ3) is 2.81. The Kier molecular flexibility index (Phi) is 4.05. The van der Waals surface area contributed by atoms with Crippen LogP contribution >= 0.6 is 0 Å². The Bertz CT molecular complexity index is 486. The maximum Gasteiger partial charge on any atom is 0.242 e. The number of sulfonamides is 1. The van der Waals surface area contributed by atoms with Crippen LogP contribution in [-0.4, -0.2) is 26.3 Å². The van der Waals surface area contributed by atoms with Gasteiger partial charge in [0.1, 0.15) is 0 Å². The van der Waals surface area contributed by atoms with Crippen molar-refractivity contribution in [3.63, 3.8) is 0 Å². The molecule has 0 heterocycles. The van der Waals surface area contributed by atoms with Crippen molar-refractivity contribution in [2.24, 2.45) is 0 Å². The van der Waals surface area contributed by atoms with Gasteiger partial charge in [-0.3, -0.25) is 0 Å². The standard InChI is InChI=1S/C11H14N2O2S/c1-10-4-6-11(7-5-10)16(14,15)13(2)9-3-8-12/h4-7H,3,9H2,1-2H3. The van der Waals surface area contributed by atoms with Crippen LogP contribution in [0, 0.1) is 18.3 Å². The maximum atomic E-state index is 12.0. The van der Waals surface area contributed by atoms with Crippen molar-refractivity contribution in [3.8, 4) is 6.07 Å². The smallest absolute Gasteiger partial charge is 0.207 e. The molecule has 86 valence electrons. The second kappa shape index (κ2) is 5.10. The summed E-state index contributed by atoms with van der Waals surface area (Å²) in [5, 5.41) is 8.42. The zero-order chi connectivity index (χ0) is 12.2. The van der Waals surface area contributed by atoms with E-state index in [0.29, 0.717) is 0 Å². The highest BCUT2D eigenvalue weighted by Crippen LogP contribution is 2.14. The molecule has 0 fully saturated rings. The first kappa shape index (κ1) is 12.7. The topological polar surface area (TPSA) is 61.2 Å². The molecule has 1 rings (SSSR count). The van der Waals surface area contributed by atoms with Gasteiger partial charge in [0.2, 0.25) is 10.0 Å². The van der Waals surface area contributed by atoms with Crippen LogP contribution in [0.2, 0.25) is 0 Å². The van der Waals surface area contributed by atoms with Gasteiger partial charge in [-0.25, -0.2) is 8.42 Å². The van der Waals surface area contributed by atoms with Gasteiger partial charge in [0.15, 0.2) is 0 Å². The van der Waals surface area contributed by atoms with Gasteiger partial charge in [-0.15, -0.1) is 0 Å². The Morgan fingerprint density at radius 1 is 1.31 bits per heavy atom. The molecule has 1 aromatic carbocycles. The molecule has 0 aromatic heterocycles. The number of benzene rings is 1. The number of nitriles is 1. The molecule has 5 heteroatoms. The van der Waals surface area contributed by atoms with Crippen molar-refractivity contribution < 1.29 is 8.42 Å². The van der Waals surface area contributed by atoms with Crippen molar-refractivity contribution >= 4 is 10.0 Å². The molecule has 0 aliphatic carbocycles. The summed E-state index contributed by atoms with van der Waals surface area (Å²) in [6.45, 7) is 2.11. The molecule has 0 spiro atoms. The fourth-order valence-electron chi connectivity index (χ4n) is 1.22. The van der Waals surface area contributed by atoms with Gasteiger partial charge in [0, 0.05) is 20.0 Å². The molecular formula is C11H14N2O2S. The van der Waals surface area contributed by atoms with Crippen LogP contribution in [0.5, 0.6) is 0 Å². The lowest BCUT2D eigenvalue weighted by molar-refractivity contribution is 0.476. The van der Waals surface area contributed by atoms with Crippen LogP contribution in [0.15, 0.2) is 29.2 Å². The molecule has 0 saturated carbocycles. The summed E-state index contributed by atoms with van der Waals surface area (Å²) in [5.41, 5.74) is 1.01. The summed E-state index contributed by atoms with van der Waals surface area (Å²) >= 11 is 0. The highest BCUT2D eigenvalue weighted by Gasteiger charge is 2.19. The summed E-state index contributed by atoms with van der Waals surface area (Å²) in [5.74, 6) is 0. The monoisotopic (exact) mass is 238 g/mol. The van der Waals surface area contributed by atoms with Gasteiger partial charge in [-0.1, -0.05) is 17.7 Å². The Morgan fingerprint density at radius 2 is 1.88 bits per heavy atom. The minimum Gasteiger partial charge on any atom is -0.207 e. The van der Waals surface area contributed by atoms with Crippen molar-refractivity contribution in [2.45, 2.75) is 18.2 Å². The second-order valence-electron chi connectivity index (χ2n) is 3.55. The molecule has 4 nitrogen and oxygen atoms in total. The molecule has 0 saturated heterocycles. The van der Waals surface area contributed by atoms with Crippen LogP contribution < -0.4 is 0 Å². The van der Waals surface area contributed by atoms with Crippen LogP contribution in [0.1, 0.15) is 12.0 Å². The summed E-state index contributed by atoms with van der Waals surface area (Å²) < 4.78 is 25.1. The van der Waals surface area contributed by atoms with Crippen molar-refractivity contribution in [1.29, 1.82) is 5.26 Å². The summed E-state index contributed by atoms with van der Waals surface area (Å²) in [6, 6.07) is 8.59. The van der Waals surface area contributed by atoms with Crippen LogP contribution in [-0.2, 0) is 10.0 Å². The van der Waals surface area contributed by atoms with E-state index in [2.05, 4.69) is 0 Å². The third-order valence-electron chi connectivity index (χ3n) is 2.27. The number of aryl methyl sites for hydroxylation is 1. The summed E-state index contributed by atoms with van der Waals surface area (Å²) in [4.78, 5) is 0.263. The zero-order valence-corrected chi connectivity index (χ0v) is 10.2.